The van der Waals surface area contributed by atoms with Crippen LogP contribution in [0.2, 0.25) is 0 Å². The zero-order chi connectivity index (χ0) is 13.1. The van der Waals surface area contributed by atoms with Gasteiger partial charge in [-0.15, -0.1) is 0 Å². The molecular formula is C17H22N2. The van der Waals surface area contributed by atoms with E-state index in [0.29, 0.717) is 5.92 Å². The van der Waals surface area contributed by atoms with Gasteiger partial charge in [0.15, 0.2) is 0 Å². The Morgan fingerprint density at radius 3 is 2.79 bits per heavy atom. The highest BCUT2D eigenvalue weighted by Gasteiger charge is 2.19. The molecule has 100 valence electrons. The quantitative estimate of drug-likeness (QED) is 0.854. The summed E-state index contributed by atoms with van der Waals surface area (Å²) in [5.74, 6) is 0.673. The fourth-order valence-corrected chi connectivity index (χ4v) is 3.03. The van der Waals surface area contributed by atoms with Crippen LogP contribution < -0.4 is 5.32 Å². The zero-order valence-corrected chi connectivity index (χ0v) is 11.7. The molecule has 2 aromatic rings. The molecule has 0 radical (unpaired) electrons. The van der Waals surface area contributed by atoms with Crippen LogP contribution in [-0.4, -0.2) is 11.5 Å². The van der Waals surface area contributed by atoms with Crippen molar-refractivity contribution in [2.45, 2.75) is 44.9 Å². The molecule has 1 saturated carbocycles. The number of nitrogens with one attached hydrogen (secondary N) is 1. The largest absolute Gasteiger partial charge is 0.384 e. The van der Waals surface area contributed by atoms with Crippen molar-refractivity contribution in [3.05, 3.63) is 36.0 Å². The van der Waals surface area contributed by atoms with Gasteiger partial charge in [-0.1, -0.05) is 38.0 Å². The maximum absolute atomic E-state index is 4.89. The summed E-state index contributed by atoms with van der Waals surface area (Å²) in [5, 5.41) is 4.81. The van der Waals surface area contributed by atoms with E-state index >= 15 is 0 Å². The first kappa shape index (κ1) is 12.5. The third-order valence-corrected chi connectivity index (χ3v) is 4.07. The van der Waals surface area contributed by atoms with Crippen molar-refractivity contribution < 1.29 is 0 Å². The van der Waals surface area contributed by atoms with Crippen LogP contribution in [0.4, 0.5) is 5.69 Å². The van der Waals surface area contributed by atoms with Gasteiger partial charge < -0.3 is 5.32 Å². The number of para-hydroxylation sites is 1. The summed E-state index contributed by atoms with van der Waals surface area (Å²) < 4.78 is 0. The zero-order valence-electron chi connectivity index (χ0n) is 11.7. The lowest BCUT2D eigenvalue weighted by Gasteiger charge is -2.14. The van der Waals surface area contributed by atoms with Gasteiger partial charge in [-0.05, 0) is 31.4 Å². The first-order valence-electron chi connectivity index (χ1n) is 7.52. The molecule has 3 rings (SSSR count). The number of benzene rings is 1. The Kier molecular flexibility index (Phi) is 3.67. The highest BCUT2D eigenvalue weighted by atomic mass is 14.9. The maximum atomic E-state index is 4.89. The third-order valence-electron chi connectivity index (χ3n) is 4.07. The minimum absolute atomic E-state index is 0.673. The van der Waals surface area contributed by atoms with Crippen molar-refractivity contribution in [1.82, 2.24) is 4.98 Å². The van der Waals surface area contributed by atoms with E-state index in [1.807, 2.05) is 0 Å². The average molecular weight is 254 g/mol. The molecule has 19 heavy (non-hydrogen) atoms. The van der Waals surface area contributed by atoms with Gasteiger partial charge >= 0.3 is 0 Å². The van der Waals surface area contributed by atoms with Gasteiger partial charge in [-0.3, -0.25) is 4.98 Å². The van der Waals surface area contributed by atoms with Crippen molar-refractivity contribution in [2.24, 2.45) is 0 Å². The van der Waals surface area contributed by atoms with Crippen molar-refractivity contribution in [2.75, 3.05) is 11.9 Å². The fourth-order valence-electron chi connectivity index (χ4n) is 3.03. The third kappa shape index (κ3) is 2.58. The van der Waals surface area contributed by atoms with Crippen LogP contribution in [0.15, 0.2) is 30.3 Å². The van der Waals surface area contributed by atoms with Crippen LogP contribution in [-0.2, 0) is 0 Å². The van der Waals surface area contributed by atoms with Crippen LogP contribution in [0.5, 0.6) is 0 Å². The molecule has 1 fully saturated rings. The minimum Gasteiger partial charge on any atom is -0.384 e. The first-order valence-corrected chi connectivity index (χ1v) is 7.52. The Morgan fingerprint density at radius 2 is 2.00 bits per heavy atom. The molecule has 1 aromatic heterocycles. The number of pyridine rings is 1. The molecule has 2 nitrogen and oxygen atoms in total. The molecule has 0 atom stereocenters. The van der Waals surface area contributed by atoms with E-state index in [-0.39, 0.29) is 0 Å². The topological polar surface area (TPSA) is 24.9 Å². The maximum Gasteiger partial charge on any atom is 0.0726 e. The molecule has 1 heterocycles. The van der Waals surface area contributed by atoms with Crippen molar-refractivity contribution in [3.63, 3.8) is 0 Å². The smallest absolute Gasteiger partial charge is 0.0726 e. The second-order valence-electron chi connectivity index (χ2n) is 5.52. The van der Waals surface area contributed by atoms with Crippen LogP contribution in [0, 0.1) is 0 Å². The van der Waals surface area contributed by atoms with Crippen molar-refractivity contribution >= 4 is 16.6 Å². The van der Waals surface area contributed by atoms with Crippen molar-refractivity contribution in [3.8, 4) is 0 Å². The normalized spacial score (nSPS) is 16.1. The van der Waals surface area contributed by atoms with Gasteiger partial charge in [0.2, 0.25) is 0 Å². The lowest BCUT2D eigenvalue weighted by molar-refractivity contribution is 0.701. The Labute approximate surface area is 115 Å². The van der Waals surface area contributed by atoms with Crippen LogP contribution >= 0.6 is 0 Å². The summed E-state index contributed by atoms with van der Waals surface area (Å²) in [6.45, 7) is 3.23. The fraction of sp³-hybridized carbons (Fsp3) is 0.471. The number of aromatic nitrogens is 1. The summed E-state index contributed by atoms with van der Waals surface area (Å²) in [4.78, 5) is 4.89. The Morgan fingerprint density at radius 1 is 1.21 bits per heavy atom. The molecular weight excluding hydrogens is 232 g/mol. The van der Waals surface area contributed by atoms with E-state index in [2.05, 4.69) is 42.6 Å². The second-order valence-corrected chi connectivity index (χ2v) is 5.52. The summed E-state index contributed by atoms with van der Waals surface area (Å²) in [6, 6.07) is 10.8. The number of hydrogen-bond acceptors (Lipinski definition) is 2. The predicted molar refractivity (Wildman–Crippen MR) is 81.7 cm³/mol. The van der Waals surface area contributed by atoms with E-state index in [1.165, 1.54) is 42.5 Å². The summed E-state index contributed by atoms with van der Waals surface area (Å²) in [5.41, 5.74) is 3.68. The van der Waals surface area contributed by atoms with E-state index in [0.717, 1.165) is 18.5 Å². The molecule has 0 saturated heterocycles. The van der Waals surface area contributed by atoms with Gasteiger partial charge in [0.05, 0.1) is 5.52 Å². The molecule has 1 aliphatic carbocycles. The van der Waals surface area contributed by atoms with Crippen LogP contribution in [0.3, 0.4) is 0 Å². The average Bonchev–Trinajstić information content (AvgIpc) is 2.98. The molecule has 0 spiro atoms. The Hall–Kier alpha value is -1.57. The van der Waals surface area contributed by atoms with E-state index in [9.17, 15) is 0 Å². The highest BCUT2D eigenvalue weighted by molar-refractivity contribution is 5.91. The van der Waals surface area contributed by atoms with Gasteiger partial charge in [-0.2, -0.15) is 0 Å². The summed E-state index contributed by atoms with van der Waals surface area (Å²) in [7, 11) is 0. The summed E-state index contributed by atoms with van der Waals surface area (Å²) in [6.07, 6.45) is 6.47. The number of rotatable bonds is 4. The molecule has 0 unspecified atom stereocenters. The van der Waals surface area contributed by atoms with E-state index in [4.69, 9.17) is 4.98 Å². The Bertz CT molecular complexity index is 556. The lowest BCUT2D eigenvalue weighted by atomic mass is 10.0. The molecule has 1 N–H and O–H groups in total. The SMILES string of the molecule is CCCNc1cc(C2CCCC2)nc2ccccc12. The molecule has 1 aliphatic rings. The molecule has 0 aliphatic heterocycles. The highest BCUT2D eigenvalue weighted by Crippen LogP contribution is 2.35. The van der Waals surface area contributed by atoms with E-state index in [1.54, 1.807) is 0 Å². The number of hydrogen-bond donors (Lipinski definition) is 1. The van der Waals surface area contributed by atoms with E-state index < -0.39 is 0 Å². The van der Waals surface area contributed by atoms with Gasteiger partial charge in [0.1, 0.15) is 0 Å². The Balaban J connectivity index is 2.03. The van der Waals surface area contributed by atoms with Gasteiger partial charge in [0.25, 0.3) is 0 Å². The number of anilines is 1. The molecule has 0 amide bonds. The monoisotopic (exact) mass is 254 g/mol. The van der Waals surface area contributed by atoms with Gasteiger partial charge in [-0.25, -0.2) is 0 Å². The second kappa shape index (κ2) is 5.60. The van der Waals surface area contributed by atoms with Crippen LogP contribution in [0.1, 0.15) is 50.6 Å². The predicted octanol–water partition coefficient (Wildman–Crippen LogP) is 4.71. The standard InChI is InChI=1S/C17H22N2/c1-2-11-18-17-12-16(13-7-3-4-8-13)19-15-10-6-5-9-14(15)17/h5-6,9-10,12-13H,2-4,7-8,11H2,1H3,(H,18,19). The molecule has 0 bridgehead atoms. The number of nitrogens with zero attached hydrogens (tertiary/aromatic N) is 1. The molecule has 1 aromatic carbocycles. The van der Waals surface area contributed by atoms with Crippen LogP contribution in [0.25, 0.3) is 10.9 Å². The van der Waals surface area contributed by atoms with Gasteiger partial charge in [0, 0.05) is 29.2 Å². The first-order chi connectivity index (χ1) is 9.38. The lowest BCUT2D eigenvalue weighted by Crippen LogP contribution is -2.04. The summed E-state index contributed by atoms with van der Waals surface area (Å²) >= 11 is 0. The van der Waals surface area contributed by atoms with Crippen molar-refractivity contribution in [1.29, 1.82) is 0 Å². The number of fused-ring (bicyclic) bond motifs is 1. The molecule has 2 heteroatoms. The minimum atomic E-state index is 0.673.